The number of carbonyl (C=O) groups is 3. The fourth-order valence-corrected chi connectivity index (χ4v) is 3.53. The van der Waals surface area contributed by atoms with E-state index in [4.69, 9.17) is 30.2 Å². The highest BCUT2D eigenvalue weighted by molar-refractivity contribution is 6.30. The lowest BCUT2D eigenvalue weighted by molar-refractivity contribution is -0.121. The predicted molar refractivity (Wildman–Crippen MR) is 127 cm³/mol. The number of methoxy groups -OCH3 is 1. The summed E-state index contributed by atoms with van der Waals surface area (Å²) in [5, 5.41) is 3.24. The molecule has 0 fully saturated rings. The number of amides is 2. The van der Waals surface area contributed by atoms with Crippen molar-refractivity contribution < 1.29 is 33.0 Å². The molecule has 0 bridgehead atoms. The van der Waals surface area contributed by atoms with Crippen molar-refractivity contribution in [2.75, 3.05) is 38.4 Å². The summed E-state index contributed by atoms with van der Waals surface area (Å²) in [5.74, 6) is 0.558. The quantitative estimate of drug-likeness (QED) is 0.337. The van der Waals surface area contributed by atoms with Crippen molar-refractivity contribution >= 4 is 34.9 Å². The average molecular weight is 499 g/mol. The lowest BCUT2D eigenvalue weighted by Gasteiger charge is -2.29. The molecule has 2 heterocycles. The first kappa shape index (κ1) is 24.3. The zero-order chi connectivity index (χ0) is 24.8. The van der Waals surface area contributed by atoms with E-state index < -0.39 is 0 Å². The largest absolute Gasteiger partial charge is 0.485 e. The lowest BCUT2D eigenvalue weighted by Crippen LogP contribution is -2.38. The maximum Gasteiger partial charge on any atom is 0.287 e. The van der Waals surface area contributed by atoms with Gasteiger partial charge < -0.3 is 23.9 Å². The van der Waals surface area contributed by atoms with Gasteiger partial charge in [0.05, 0.1) is 18.8 Å². The van der Waals surface area contributed by atoms with Crippen molar-refractivity contribution in [2.45, 2.75) is 6.54 Å². The molecule has 4 rings (SSSR count). The molecule has 0 saturated heterocycles. The van der Waals surface area contributed by atoms with Crippen LogP contribution in [0.5, 0.6) is 11.5 Å². The first-order valence-corrected chi connectivity index (χ1v) is 11.2. The van der Waals surface area contributed by atoms with Crippen LogP contribution in [0.1, 0.15) is 26.7 Å². The summed E-state index contributed by atoms with van der Waals surface area (Å²) < 4.78 is 21.6. The van der Waals surface area contributed by atoms with Gasteiger partial charge >= 0.3 is 0 Å². The molecule has 0 saturated carbocycles. The number of rotatable bonds is 10. The van der Waals surface area contributed by atoms with E-state index in [1.165, 1.54) is 11.0 Å². The minimum absolute atomic E-state index is 0.0689. The molecule has 0 spiro atoms. The van der Waals surface area contributed by atoms with Crippen molar-refractivity contribution in [3.8, 4) is 11.5 Å². The van der Waals surface area contributed by atoms with E-state index in [9.17, 15) is 14.4 Å². The summed E-state index contributed by atoms with van der Waals surface area (Å²) in [5.41, 5.74) is 0.791. The van der Waals surface area contributed by atoms with Crippen LogP contribution in [0.15, 0.2) is 59.0 Å². The van der Waals surface area contributed by atoms with Crippen molar-refractivity contribution in [2.24, 2.45) is 0 Å². The maximum atomic E-state index is 12.7. The molecule has 0 atom stereocenters. The zero-order valence-corrected chi connectivity index (χ0v) is 19.7. The number of fused-ring (bicyclic) bond motifs is 1. The highest BCUT2D eigenvalue weighted by Crippen LogP contribution is 2.34. The molecule has 182 valence electrons. The standard InChI is InChI=1S/C25H23ClN2O7/c1-32-11-10-27-25(31)23-9-7-19(35-23)13-28-20-12-16(2-8-22(20)34-15-24(28)30)21(29)14-33-18-5-3-17(26)4-6-18/h2-9,12H,10-11,13-15H2,1H3,(H,27,31). The molecule has 0 radical (unpaired) electrons. The van der Waals surface area contributed by atoms with E-state index in [0.717, 1.165) is 0 Å². The molecule has 1 aromatic heterocycles. The number of furan rings is 1. The number of nitrogens with zero attached hydrogens (tertiary/aromatic N) is 1. The van der Waals surface area contributed by atoms with Gasteiger partial charge in [0.1, 0.15) is 17.3 Å². The van der Waals surface area contributed by atoms with Crippen LogP contribution in [0.3, 0.4) is 0 Å². The second kappa shape index (κ2) is 11.1. The fraction of sp³-hybridized carbons (Fsp3) is 0.240. The summed E-state index contributed by atoms with van der Waals surface area (Å²) in [6.07, 6.45) is 0. The van der Waals surface area contributed by atoms with Gasteiger partial charge in [0.25, 0.3) is 11.8 Å². The molecule has 2 amide bonds. The minimum atomic E-state index is -0.379. The first-order valence-electron chi connectivity index (χ1n) is 10.8. The molecule has 35 heavy (non-hydrogen) atoms. The second-order valence-electron chi connectivity index (χ2n) is 7.63. The van der Waals surface area contributed by atoms with Crippen LogP contribution in [0.4, 0.5) is 5.69 Å². The van der Waals surface area contributed by atoms with Crippen molar-refractivity contribution in [1.82, 2.24) is 5.32 Å². The van der Waals surface area contributed by atoms with Gasteiger partial charge in [-0.25, -0.2) is 0 Å². The number of halogens is 1. The number of nitrogens with one attached hydrogen (secondary N) is 1. The monoisotopic (exact) mass is 498 g/mol. The second-order valence-corrected chi connectivity index (χ2v) is 8.07. The molecule has 1 aliphatic rings. The average Bonchev–Trinajstić information content (AvgIpc) is 3.34. The molecule has 1 aliphatic heterocycles. The van der Waals surface area contributed by atoms with Crippen molar-refractivity contribution in [3.05, 3.63) is 76.7 Å². The molecule has 10 heteroatoms. The molecular weight excluding hydrogens is 476 g/mol. The normalized spacial score (nSPS) is 12.6. The smallest absolute Gasteiger partial charge is 0.287 e. The predicted octanol–water partition coefficient (Wildman–Crippen LogP) is 3.50. The van der Waals surface area contributed by atoms with Crippen LogP contribution in [-0.4, -0.2) is 51.1 Å². The molecule has 3 aromatic rings. The van der Waals surface area contributed by atoms with Crippen LogP contribution in [0.2, 0.25) is 5.02 Å². The highest BCUT2D eigenvalue weighted by atomic mass is 35.5. The van der Waals surface area contributed by atoms with E-state index in [1.807, 2.05) is 0 Å². The summed E-state index contributed by atoms with van der Waals surface area (Å²) in [6.45, 7) is 0.461. The van der Waals surface area contributed by atoms with Crippen LogP contribution in [0, 0.1) is 0 Å². The Morgan fingerprint density at radius 1 is 1.11 bits per heavy atom. The highest BCUT2D eigenvalue weighted by Gasteiger charge is 2.28. The van der Waals surface area contributed by atoms with E-state index >= 15 is 0 Å². The Kier molecular flexibility index (Phi) is 7.69. The third-order valence-electron chi connectivity index (χ3n) is 5.20. The Bertz CT molecular complexity index is 1220. The molecular formula is C25H23ClN2O7. The minimum Gasteiger partial charge on any atom is -0.485 e. The topological polar surface area (TPSA) is 107 Å². The zero-order valence-electron chi connectivity index (χ0n) is 18.9. The number of carbonyl (C=O) groups excluding carboxylic acids is 3. The Morgan fingerprint density at radius 2 is 1.91 bits per heavy atom. The summed E-state index contributed by atoms with van der Waals surface area (Å²) in [7, 11) is 1.54. The van der Waals surface area contributed by atoms with E-state index in [0.29, 0.717) is 46.7 Å². The number of Topliss-reactive ketones (excluding diaryl/α,β-unsaturated/α-hetero) is 1. The van der Waals surface area contributed by atoms with Crippen molar-refractivity contribution in [1.29, 1.82) is 0 Å². The van der Waals surface area contributed by atoms with Gasteiger partial charge in [-0.05, 0) is 54.6 Å². The number of ketones is 1. The van der Waals surface area contributed by atoms with Crippen molar-refractivity contribution in [3.63, 3.8) is 0 Å². The lowest BCUT2D eigenvalue weighted by atomic mass is 10.1. The number of anilines is 1. The number of benzene rings is 2. The van der Waals surface area contributed by atoms with Crippen LogP contribution in [-0.2, 0) is 16.1 Å². The molecule has 0 unspecified atom stereocenters. The Morgan fingerprint density at radius 3 is 2.69 bits per heavy atom. The Balaban J connectivity index is 1.46. The molecule has 1 N–H and O–H groups in total. The van der Waals surface area contributed by atoms with Crippen LogP contribution in [0.25, 0.3) is 0 Å². The Hall–Kier alpha value is -3.82. The molecule has 0 aliphatic carbocycles. The number of hydrogen-bond donors (Lipinski definition) is 1. The van der Waals surface area contributed by atoms with Gasteiger partial charge in [0.15, 0.2) is 24.8 Å². The van der Waals surface area contributed by atoms with Gasteiger partial charge in [0.2, 0.25) is 0 Å². The first-order chi connectivity index (χ1) is 16.9. The van der Waals surface area contributed by atoms with Crippen LogP contribution >= 0.6 is 11.6 Å². The molecule has 2 aromatic carbocycles. The number of hydrogen-bond acceptors (Lipinski definition) is 7. The third-order valence-corrected chi connectivity index (χ3v) is 5.45. The third kappa shape index (κ3) is 6.00. The van der Waals surface area contributed by atoms with Gasteiger partial charge in [-0.2, -0.15) is 0 Å². The van der Waals surface area contributed by atoms with Gasteiger partial charge in [-0.15, -0.1) is 0 Å². The van der Waals surface area contributed by atoms with Gasteiger partial charge in [-0.3, -0.25) is 19.3 Å². The maximum absolute atomic E-state index is 12.7. The van der Waals surface area contributed by atoms with E-state index in [-0.39, 0.29) is 43.1 Å². The number of ether oxygens (including phenoxy) is 3. The van der Waals surface area contributed by atoms with Crippen LogP contribution < -0.4 is 19.7 Å². The fourth-order valence-electron chi connectivity index (χ4n) is 3.41. The van der Waals surface area contributed by atoms with Gasteiger partial charge in [-0.1, -0.05) is 11.6 Å². The summed E-state index contributed by atoms with van der Waals surface area (Å²) in [4.78, 5) is 39.0. The van der Waals surface area contributed by atoms with Gasteiger partial charge in [0, 0.05) is 24.2 Å². The van der Waals surface area contributed by atoms with E-state index in [2.05, 4.69) is 5.32 Å². The summed E-state index contributed by atoms with van der Waals surface area (Å²) >= 11 is 5.87. The summed E-state index contributed by atoms with van der Waals surface area (Å²) in [6, 6.07) is 14.7. The van der Waals surface area contributed by atoms with E-state index in [1.54, 1.807) is 55.6 Å². The SMILES string of the molecule is COCCNC(=O)c1ccc(CN2C(=O)COc3ccc(C(=O)COc4ccc(Cl)cc4)cc32)o1. The Labute approximate surface area is 206 Å². The molecule has 9 nitrogen and oxygen atoms in total.